The highest BCUT2D eigenvalue weighted by molar-refractivity contribution is 4.93. The van der Waals surface area contributed by atoms with Crippen molar-refractivity contribution in [1.82, 2.24) is 20.1 Å². The average molecular weight is 182 g/mol. The van der Waals surface area contributed by atoms with E-state index in [0.29, 0.717) is 0 Å². The summed E-state index contributed by atoms with van der Waals surface area (Å²) in [6.45, 7) is 7.27. The lowest BCUT2D eigenvalue weighted by Gasteiger charge is -2.23. The molecule has 1 heterocycles. The van der Waals surface area contributed by atoms with Gasteiger partial charge in [0, 0.05) is 18.5 Å². The van der Waals surface area contributed by atoms with Gasteiger partial charge >= 0.3 is 0 Å². The topological polar surface area (TPSA) is 42.7 Å². The largest absolute Gasteiger partial charge is 0.314 e. The van der Waals surface area contributed by atoms with Crippen LogP contribution in [0.1, 0.15) is 26.6 Å². The lowest BCUT2D eigenvalue weighted by Crippen LogP contribution is -2.39. The highest BCUT2D eigenvalue weighted by Gasteiger charge is 2.18. The van der Waals surface area contributed by atoms with Crippen molar-refractivity contribution in [3.63, 3.8) is 0 Å². The van der Waals surface area contributed by atoms with Gasteiger partial charge in [0.2, 0.25) is 0 Å². The van der Waals surface area contributed by atoms with E-state index in [1.165, 1.54) is 0 Å². The number of nitrogens with one attached hydrogen (secondary N) is 1. The molecule has 0 aliphatic carbocycles. The third-order valence-electron chi connectivity index (χ3n) is 2.27. The van der Waals surface area contributed by atoms with Gasteiger partial charge in [0.05, 0.1) is 0 Å². The van der Waals surface area contributed by atoms with E-state index in [1.54, 1.807) is 6.33 Å². The van der Waals surface area contributed by atoms with Crippen LogP contribution in [0.15, 0.2) is 6.33 Å². The van der Waals surface area contributed by atoms with Crippen LogP contribution in [0.2, 0.25) is 0 Å². The van der Waals surface area contributed by atoms with E-state index in [4.69, 9.17) is 0 Å². The second-order valence-corrected chi connectivity index (χ2v) is 3.80. The smallest absolute Gasteiger partial charge is 0.138 e. The molecule has 0 aromatic carbocycles. The van der Waals surface area contributed by atoms with E-state index < -0.39 is 0 Å². The molecule has 0 saturated carbocycles. The van der Waals surface area contributed by atoms with Crippen LogP contribution in [0.5, 0.6) is 0 Å². The number of aromatic nitrogens is 3. The molecule has 0 aliphatic rings. The van der Waals surface area contributed by atoms with Crippen molar-refractivity contribution in [2.24, 2.45) is 0 Å². The third-order valence-corrected chi connectivity index (χ3v) is 2.27. The van der Waals surface area contributed by atoms with Gasteiger partial charge in [0.25, 0.3) is 0 Å². The highest BCUT2D eigenvalue weighted by Crippen LogP contribution is 2.09. The van der Waals surface area contributed by atoms with E-state index in [-0.39, 0.29) is 5.54 Å². The second kappa shape index (κ2) is 3.87. The number of nitrogens with zero attached hydrogens (tertiary/aromatic N) is 3. The summed E-state index contributed by atoms with van der Waals surface area (Å²) in [7, 11) is 1.96. The lowest BCUT2D eigenvalue weighted by molar-refractivity contribution is 0.401. The molecule has 0 bridgehead atoms. The molecule has 1 aromatic rings. The number of rotatable bonds is 4. The predicted molar refractivity (Wildman–Crippen MR) is 52.5 cm³/mol. The van der Waals surface area contributed by atoms with E-state index in [1.807, 2.05) is 11.7 Å². The molecule has 1 N–H and O–H groups in total. The number of hydrogen-bond donors (Lipinski definition) is 1. The minimum Gasteiger partial charge on any atom is -0.314 e. The summed E-state index contributed by atoms with van der Waals surface area (Å²) in [5.41, 5.74) is 0.0833. The molecule has 0 spiro atoms. The molecule has 0 atom stereocenters. The zero-order valence-corrected chi connectivity index (χ0v) is 8.83. The molecule has 0 amide bonds. The molecular weight excluding hydrogens is 164 g/mol. The maximum absolute atomic E-state index is 4.23. The Balaban J connectivity index is 2.73. The lowest BCUT2D eigenvalue weighted by atomic mass is 10.0. The molecule has 4 nitrogen and oxygen atoms in total. The number of aryl methyl sites for hydroxylation is 1. The molecule has 4 heteroatoms. The van der Waals surface area contributed by atoms with Crippen molar-refractivity contribution < 1.29 is 0 Å². The summed E-state index contributed by atoms with van der Waals surface area (Å²) < 4.78 is 1.93. The van der Waals surface area contributed by atoms with Crippen LogP contribution in [-0.2, 0) is 13.0 Å². The van der Waals surface area contributed by atoms with Crippen molar-refractivity contribution >= 4 is 0 Å². The molecule has 0 unspecified atom stereocenters. The Bertz CT molecular complexity index is 264. The molecule has 1 aromatic heterocycles. The average Bonchev–Trinajstić information content (AvgIpc) is 2.51. The maximum atomic E-state index is 4.23. The van der Waals surface area contributed by atoms with Crippen molar-refractivity contribution in [1.29, 1.82) is 0 Å². The zero-order valence-electron chi connectivity index (χ0n) is 8.83. The summed E-state index contributed by atoms with van der Waals surface area (Å²) in [4.78, 5) is 4.23. The van der Waals surface area contributed by atoms with Gasteiger partial charge in [-0.1, -0.05) is 0 Å². The van der Waals surface area contributed by atoms with Crippen LogP contribution in [0.3, 0.4) is 0 Å². The minimum atomic E-state index is 0.0833. The van der Waals surface area contributed by atoms with Gasteiger partial charge in [-0.15, -0.1) is 0 Å². The monoisotopic (exact) mass is 182 g/mol. The summed E-state index contributed by atoms with van der Waals surface area (Å²) >= 11 is 0. The van der Waals surface area contributed by atoms with E-state index in [9.17, 15) is 0 Å². The SMILES string of the molecule is CCn1ncnc1CC(C)(C)NC. The fourth-order valence-electron chi connectivity index (χ4n) is 1.17. The van der Waals surface area contributed by atoms with Crippen molar-refractivity contribution in [3.8, 4) is 0 Å². The van der Waals surface area contributed by atoms with Crippen molar-refractivity contribution in [2.45, 2.75) is 39.3 Å². The molecule has 1 rings (SSSR count). The van der Waals surface area contributed by atoms with Crippen LogP contribution in [0.25, 0.3) is 0 Å². The zero-order chi connectivity index (χ0) is 9.90. The van der Waals surface area contributed by atoms with Gasteiger partial charge in [-0.05, 0) is 27.8 Å². The first-order chi connectivity index (χ1) is 6.09. The standard InChI is InChI=1S/C9H18N4/c1-5-13-8(11-7-12-13)6-9(2,3)10-4/h7,10H,5-6H2,1-4H3. The normalized spacial score (nSPS) is 12.0. The van der Waals surface area contributed by atoms with Gasteiger partial charge < -0.3 is 5.32 Å². The van der Waals surface area contributed by atoms with Crippen molar-refractivity contribution in [2.75, 3.05) is 7.05 Å². The van der Waals surface area contributed by atoms with Crippen LogP contribution in [0.4, 0.5) is 0 Å². The summed E-state index contributed by atoms with van der Waals surface area (Å²) in [6.07, 6.45) is 2.52. The summed E-state index contributed by atoms with van der Waals surface area (Å²) in [5, 5.41) is 7.38. The first kappa shape index (κ1) is 10.2. The Morgan fingerprint density at radius 1 is 1.54 bits per heavy atom. The second-order valence-electron chi connectivity index (χ2n) is 3.80. The van der Waals surface area contributed by atoms with Gasteiger partial charge in [0.1, 0.15) is 12.2 Å². The number of hydrogen-bond acceptors (Lipinski definition) is 3. The Kier molecular flexibility index (Phi) is 3.03. The maximum Gasteiger partial charge on any atom is 0.138 e. The molecule has 0 fully saturated rings. The Morgan fingerprint density at radius 2 is 2.23 bits per heavy atom. The number of likely N-dealkylation sites (N-methyl/N-ethyl adjacent to an activating group) is 1. The van der Waals surface area contributed by atoms with E-state index in [0.717, 1.165) is 18.8 Å². The van der Waals surface area contributed by atoms with Crippen LogP contribution in [0, 0.1) is 0 Å². The highest BCUT2D eigenvalue weighted by atomic mass is 15.3. The molecule has 74 valence electrons. The molecule has 13 heavy (non-hydrogen) atoms. The fraction of sp³-hybridized carbons (Fsp3) is 0.778. The molecule has 0 radical (unpaired) electrons. The summed E-state index contributed by atoms with van der Waals surface area (Å²) in [6, 6.07) is 0. The van der Waals surface area contributed by atoms with E-state index >= 15 is 0 Å². The van der Waals surface area contributed by atoms with Crippen LogP contribution >= 0.6 is 0 Å². The predicted octanol–water partition coefficient (Wildman–Crippen LogP) is 0.838. The van der Waals surface area contributed by atoms with Crippen molar-refractivity contribution in [3.05, 3.63) is 12.2 Å². The first-order valence-electron chi connectivity index (χ1n) is 4.64. The minimum absolute atomic E-state index is 0.0833. The van der Waals surface area contributed by atoms with Crippen LogP contribution < -0.4 is 5.32 Å². The third kappa shape index (κ3) is 2.52. The van der Waals surface area contributed by atoms with Gasteiger partial charge in [0.15, 0.2) is 0 Å². The van der Waals surface area contributed by atoms with E-state index in [2.05, 4.69) is 36.2 Å². The first-order valence-corrected chi connectivity index (χ1v) is 4.64. The summed E-state index contributed by atoms with van der Waals surface area (Å²) in [5.74, 6) is 1.04. The Hall–Kier alpha value is -0.900. The quantitative estimate of drug-likeness (QED) is 0.750. The van der Waals surface area contributed by atoms with Gasteiger partial charge in [-0.25, -0.2) is 4.98 Å². The van der Waals surface area contributed by atoms with Crippen LogP contribution in [-0.4, -0.2) is 27.4 Å². The Labute approximate surface area is 79.4 Å². The molecule has 0 saturated heterocycles. The molecule has 0 aliphatic heterocycles. The van der Waals surface area contributed by atoms with Gasteiger partial charge in [-0.3, -0.25) is 4.68 Å². The molecular formula is C9H18N4. The van der Waals surface area contributed by atoms with Gasteiger partial charge in [-0.2, -0.15) is 5.10 Å². The Morgan fingerprint density at radius 3 is 2.77 bits per heavy atom. The fourth-order valence-corrected chi connectivity index (χ4v) is 1.17.